The second-order valence-electron chi connectivity index (χ2n) is 7.83. The third kappa shape index (κ3) is 5.21. The highest BCUT2D eigenvalue weighted by Gasteiger charge is 2.43. The summed E-state index contributed by atoms with van der Waals surface area (Å²) in [7, 11) is 2.92. The number of hydrogen-bond acceptors (Lipinski definition) is 7. The number of halogens is 1. The van der Waals surface area contributed by atoms with Crippen LogP contribution < -0.4 is 10.6 Å². The second-order valence-corrected chi connectivity index (χ2v) is 7.83. The quantitative estimate of drug-likeness (QED) is 0.342. The number of amides is 2. The first-order valence-corrected chi connectivity index (χ1v) is 10.4. The number of rotatable bonds is 6. The molecule has 2 aromatic rings. The maximum absolute atomic E-state index is 15.0. The molecule has 9 nitrogen and oxygen atoms in total. The van der Waals surface area contributed by atoms with Gasteiger partial charge in [0.15, 0.2) is 0 Å². The van der Waals surface area contributed by atoms with Crippen LogP contribution in [0.5, 0.6) is 0 Å². The van der Waals surface area contributed by atoms with Crippen molar-refractivity contribution in [1.82, 2.24) is 10.6 Å². The molecule has 10 heteroatoms. The Bertz CT molecular complexity index is 996. The van der Waals surface area contributed by atoms with E-state index in [0.717, 1.165) is 0 Å². The van der Waals surface area contributed by atoms with Gasteiger partial charge in [0.25, 0.3) is 11.8 Å². The lowest BCUT2D eigenvalue weighted by Crippen LogP contribution is -2.59. The van der Waals surface area contributed by atoms with Crippen molar-refractivity contribution in [2.75, 3.05) is 20.7 Å². The topological polar surface area (TPSA) is 148 Å². The lowest BCUT2D eigenvalue weighted by molar-refractivity contribution is -0.228. The van der Waals surface area contributed by atoms with Crippen molar-refractivity contribution in [3.63, 3.8) is 0 Å². The fourth-order valence-corrected chi connectivity index (χ4v) is 3.80. The van der Waals surface area contributed by atoms with Gasteiger partial charge in [0.1, 0.15) is 30.2 Å². The molecule has 2 amide bonds. The monoisotopic (exact) mass is 462 g/mol. The summed E-state index contributed by atoms with van der Waals surface area (Å²) in [5, 5.41) is 44.3. The molecule has 1 fully saturated rings. The number of carbonyl (C=O) groups excluding carboxylic acids is 2. The van der Waals surface area contributed by atoms with Crippen LogP contribution in [0.1, 0.15) is 26.3 Å². The van der Waals surface area contributed by atoms with E-state index < -0.39 is 54.8 Å². The van der Waals surface area contributed by atoms with Gasteiger partial charge in [0.2, 0.25) is 0 Å². The third-order valence-corrected chi connectivity index (χ3v) is 5.71. The summed E-state index contributed by atoms with van der Waals surface area (Å²) >= 11 is 0. The normalized spacial score (nSPS) is 24.9. The van der Waals surface area contributed by atoms with Gasteiger partial charge < -0.3 is 35.8 Å². The van der Waals surface area contributed by atoms with Crippen LogP contribution in [-0.2, 0) is 11.2 Å². The molecule has 0 aliphatic carbocycles. The average Bonchev–Trinajstić information content (AvgIpc) is 2.83. The number of hydrogen-bond donors (Lipinski definition) is 6. The van der Waals surface area contributed by atoms with Crippen LogP contribution in [0.15, 0.2) is 36.4 Å². The molecule has 5 unspecified atom stereocenters. The molecular weight excluding hydrogens is 435 g/mol. The molecule has 1 saturated heterocycles. The van der Waals surface area contributed by atoms with Crippen molar-refractivity contribution in [2.24, 2.45) is 0 Å². The highest BCUT2D eigenvalue weighted by molar-refractivity contribution is 6.01. The standard InChI is InChI=1S/C23H27FN2O7/c1-25-22(31)14-5-13(6-15(7-14)23(32)26-2)11-3-4-12(16(24)8-11)9-17-19(28)21(30)20(29)18(10-27)33-17/h3-8,17-21,27-30H,9-10H2,1-2H3,(H,25,31)(H,26,32). The highest BCUT2D eigenvalue weighted by atomic mass is 19.1. The summed E-state index contributed by atoms with van der Waals surface area (Å²) in [5.41, 5.74) is 1.52. The van der Waals surface area contributed by atoms with E-state index in [2.05, 4.69) is 10.6 Å². The molecule has 0 spiro atoms. The van der Waals surface area contributed by atoms with E-state index in [1.54, 1.807) is 6.07 Å². The van der Waals surface area contributed by atoms with Crippen molar-refractivity contribution in [3.8, 4) is 11.1 Å². The highest BCUT2D eigenvalue weighted by Crippen LogP contribution is 2.28. The number of ether oxygens (including phenoxy) is 1. The van der Waals surface area contributed by atoms with Gasteiger partial charge in [-0.3, -0.25) is 9.59 Å². The van der Waals surface area contributed by atoms with Crippen molar-refractivity contribution < 1.29 is 39.1 Å². The molecule has 0 radical (unpaired) electrons. The van der Waals surface area contributed by atoms with Crippen LogP contribution in [0.25, 0.3) is 11.1 Å². The smallest absolute Gasteiger partial charge is 0.251 e. The Hall–Kier alpha value is -2.89. The van der Waals surface area contributed by atoms with Gasteiger partial charge in [-0.25, -0.2) is 4.39 Å². The van der Waals surface area contributed by atoms with Crippen LogP contribution in [-0.4, -0.2) is 83.5 Å². The number of aliphatic hydroxyl groups is 4. The van der Waals surface area contributed by atoms with Crippen LogP contribution >= 0.6 is 0 Å². The summed E-state index contributed by atoms with van der Waals surface area (Å²) in [4.78, 5) is 24.2. The SMILES string of the molecule is CNC(=O)c1cc(C(=O)NC)cc(-c2ccc(CC3OC(CO)C(O)C(O)C3O)c(F)c2)c1. The van der Waals surface area contributed by atoms with E-state index in [4.69, 9.17) is 4.74 Å². The Morgan fingerprint density at radius 2 is 1.45 bits per heavy atom. The molecule has 1 aliphatic rings. The van der Waals surface area contributed by atoms with E-state index in [1.807, 2.05) is 0 Å². The zero-order chi connectivity index (χ0) is 24.3. The molecule has 1 aliphatic heterocycles. The summed E-state index contributed by atoms with van der Waals surface area (Å²) in [6.07, 6.45) is -6.74. The van der Waals surface area contributed by atoms with Gasteiger partial charge >= 0.3 is 0 Å². The zero-order valence-electron chi connectivity index (χ0n) is 18.2. The maximum Gasteiger partial charge on any atom is 0.251 e. The van der Waals surface area contributed by atoms with E-state index in [1.165, 1.54) is 44.4 Å². The Labute approximate surface area is 189 Å². The maximum atomic E-state index is 15.0. The van der Waals surface area contributed by atoms with Crippen molar-refractivity contribution in [2.45, 2.75) is 36.9 Å². The number of aliphatic hydroxyl groups excluding tert-OH is 4. The van der Waals surface area contributed by atoms with E-state index in [-0.39, 0.29) is 23.1 Å². The fourth-order valence-electron chi connectivity index (χ4n) is 3.80. The summed E-state index contributed by atoms with van der Waals surface area (Å²) in [5.74, 6) is -1.43. The molecule has 1 heterocycles. The first-order valence-electron chi connectivity index (χ1n) is 10.4. The largest absolute Gasteiger partial charge is 0.394 e. The minimum Gasteiger partial charge on any atom is -0.394 e. The number of benzene rings is 2. The van der Waals surface area contributed by atoms with Gasteiger partial charge in [-0.1, -0.05) is 12.1 Å². The molecule has 0 bridgehead atoms. The molecule has 5 atom stereocenters. The molecule has 2 aromatic carbocycles. The predicted molar refractivity (Wildman–Crippen MR) is 116 cm³/mol. The predicted octanol–water partition coefficient (Wildman–Crippen LogP) is -0.403. The number of nitrogens with one attached hydrogen (secondary N) is 2. The molecule has 0 aromatic heterocycles. The lowest BCUT2D eigenvalue weighted by atomic mass is 9.91. The van der Waals surface area contributed by atoms with E-state index >= 15 is 0 Å². The van der Waals surface area contributed by atoms with E-state index in [0.29, 0.717) is 11.1 Å². The Kier molecular flexibility index (Phi) is 7.77. The summed E-state index contributed by atoms with van der Waals surface area (Å²) < 4.78 is 20.4. The molecule has 0 saturated carbocycles. The van der Waals surface area contributed by atoms with Crippen LogP contribution in [0, 0.1) is 5.82 Å². The van der Waals surface area contributed by atoms with Crippen molar-refractivity contribution in [3.05, 3.63) is 58.9 Å². The third-order valence-electron chi connectivity index (χ3n) is 5.71. The van der Waals surface area contributed by atoms with Crippen LogP contribution in [0.4, 0.5) is 4.39 Å². The Balaban J connectivity index is 1.90. The van der Waals surface area contributed by atoms with Crippen LogP contribution in [0.2, 0.25) is 0 Å². The molecule has 33 heavy (non-hydrogen) atoms. The Morgan fingerprint density at radius 1 is 0.879 bits per heavy atom. The second kappa shape index (κ2) is 10.4. The van der Waals surface area contributed by atoms with Crippen LogP contribution in [0.3, 0.4) is 0 Å². The number of carbonyl (C=O) groups is 2. The lowest BCUT2D eigenvalue weighted by Gasteiger charge is -2.40. The van der Waals surface area contributed by atoms with Gasteiger partial charge in [-0.15, -0.1) is 0 Å². The summed E-state index contributed by atoms with van der Waals surface area (Å²) in [6.45, 7) is -0.571. The summed E-state index contributed by atoms with van der Waals surface area (Å²) in [6, 6.07) is 8.81. The zero-order valence-corrected chi connectivity index (χ0v) is 18.2. The minimum atomic E-state index is -1.54. The average molecular weight is 462 g/mol. The molecule has 6 N–H and O–H groups in total. The molecule has 178 valence electrons. The van der Waals surface area contributed by atoms with Gasteiger partial charge in [-0.05, 0) is 41.0 Å². The van der Waals surface area contributed by atoms with E-state index in [9.17, 15) is 34.4 Å². The van der Waals surface area contributed by atoms with Crippen molar-refractivity contribution >= 4 is 11.8 Å². The van der Waals surface area contributed by atoms with Crippen molar-refractivity contribution in [1.29, 1.82) is 0 Å². The first kappa shape index (κ1) is 24.7. The fraction of sp³-hybridized carbons (Fsp3) is 0.391. The first-order chi connectivity index (χ1) is 15.7. The van der Waals surface area contributed by atoms with Gasteiger partial charge in [0, 0.05) is 31.6 Å². The van der Waals surface area contributed by atoms with Gasteiger partial charge in [-0.2, -0.15) is 0 Å². The Morgan fingerprint density at radius 3 is 1.97 bits per heavy atom. The molecule has 3 rings (SSSR count). The minimum absolute atomic E-state index is 0.116. The van der Waals surface area contributed by atoms with Gasteiger partial charge in [0.05, 0.1) is 12.7 Å². The molecular formula is C23H27FN2O7.